The fourth-order valence-electron chi connectivity index (χ4n) is 2.71. The van der Waals surface area contributed by atoms with Gasteiger partial charge in [0.1, 0.15) is 0 Å². The van der Waals surface area contributed by atoms with Crippen LogP contribution in [0.3, 0.4) is 0 Å². The number of nitrogens with zero attached hydrogens (tertiary/aromatic N) is 5. The first-order valence-corrected chi connectivity index (χ1v) is 10.9. The van der Waals surface area contributed by atoms with Crippen molar-refractivity contribution >= 4 is 34.7 Å². The lowest BCUT2D eigenvalue weighted by atomic mass is 10.1. The maximum Gasteiger partial charge on any atom is 0.416 e. The van der Waals surface area contributed by atoms with Crippen molar-refractivity contribution in [3.05, 3.63) is 58.4 Å². The van der Waals surface area contributed by atoms with E-state index in [2.05, 4.69) is 30.6 Å². The van der Waals surface area contributed by atoms with Crippen LogP contribution in [-0.4, -0.2) is 36.9 Å². The fraction of sp³-hybridized carbons (Fsp3) is 0.222. The van der Waals surface area contributed by atoms with Crippen LogP contribution in [0.25, 0.3) is 5.69 Å². The van der Waals surface area contributed by atoms with Crippen LogP contribution in [0.15, 0.2) is 45.9 Å². The molecule has 2 N–H and O–H groups in total. The van der Waals surface area contributed by atoms with E-state index >= 15 is 0 Å². The van der Waals surface area contributed by atoms with Crippen molar-refractivity contribution in [2.75, 3.05) is 11.1 Å². The van der Waals surface area contributed by atoms with Crippen LogP contribution >= 0.6 is 23.1 Å². The number of aromatic nitrogens is 6. The molecule has 0 aliphatic carbocycles. The maximum absolute atomic E-state index is 13.1. The number of benzene rings is 1. The Labute approximate surface area is 187 Å². The lowest BCUT2D eigenvalue weighted by molar-refractivity contribution is -0.655. The Kier molecular flexibility index (Phi) is 6.23. The number of aromatic amines is 1. The van der Waals surface area contributed by atoms with Gasteiger partial charge in [0.2, 0.25) is 18.1 Å². The van der Waals surface area contributed by atoms with E-state index in [1.807, 2.05) is 12.3 Å². The lowest BCUT2D eigenvalue weighted by Gasteiger charge is -2.12. The van der Waals surface area contributed by atoms with E-state index in [4.69, 9.17) is 4.42 Å². The van der Waals surface area contributed by atoms with E-state index in [1.54, 1.807) is 0 Å². The highest BCUT2D eigenvalue weighted by molar-refractivity contribution is 7.99. The molecule has 1 amide bonds. The van der Waals surface area contributed by atoms with Gasteiger partial charge in [-0.25, -0.2) is 4.98 Å². The number of halogens is 3. The van der Waals surface area contributed by atoms with Gasteiger partial charge in [0.05, 0.1) is 34.1 Å². The molecule has 9 nitrogen and oxygen atoms in total. The van der Waals surface area contributed by atoms with E-state index in [9.17, 15) is 18.0 Å². The molecule has 3 aromatic heterocycles. The molecule has 0 atom stereocenters. The Bertz CT molecular complexity index is 1220. The Morgan fingerprint density at radius 1 is 1.34 bits per heavy atom. The van der Waals surface area contributed by atoms with E-state index in [-0.39, 0.29) is 16.7 Å². The molecule has 0 aliphatic rings. The van der Waals surface area contributed by atoms with Crippen LogP contribution in [0.1, 0.15) is 22.2 Å². The topological polar surface area (TPSA) is 113 Å². The smallest absolute Gasteiger partial charge is 0.416 e. The normalized spacial score (nSPS) is 11.6. The molecule has 4 rings (SSSR count). The second kappa shape index (κ2) is 9.08. The number of alkyl halides is 3. The molecule has 0 spiro atoms. The van der Waals surface area contributed by atoms with E-state index in [1.165, 1.54) is 34.7 Å². The van der Waals surface area contributed by atoms with Crippen LogP contribution in [0.4, 0.5) is 18.9 Å². The van der Waals surface area contributed by atoms with Crippen LogP contribution in [0.2, 0.25) is 0 Å². The Balaban J connectivity index is 1.42. The summed E-state index contributed by atoms with van der Waals surface area (Å²) in [4.78, 5) is 20.6. The SMILES string of the molecule is Cc1nc(Cc2nnc(SCC(=O)Nc3cc(C(F)(F)F)ccc3-[n+]3cnc[nH]3)o2)cs1. The number of aryl methyl sites for hydroxylation is 1. The average Bonchev–Trinajstić information content (AvgIpc) is 3.49. The zero-order chi connectivity index (χ0) is 22.7. The number of amides is 1. The molecule has 0 unspecified atom stereocenters. The quantitative estimate of drug-likeness (QED) is 0.307. The second-order valence-electron chi connectivity index (χ2n) is 6.46. The minimum absolute atomic E-state index is 0.0233. The molecule has 0 fully saturated rings. The van der Waals surface area contributed by atoms with Crippen molar-refractivity contribution in [3.63, 3.8) is 0 Å². The third-order valence-electron chi connectivity index (χ3n) is 4.08. The molecule has 0 saturated heterocycles. The van der Waals surface area contributed by atoms with Crippen molar-refractivity contribution in [1.29, 1.82) is 0 Å². The van der Waals surface area contributed by atoms with Gasteiger partial charge >= 0.3 is 12.5 Å². The first kappa shape index (κ1) is 22.0. The number of carbonyl (C=O) groups is 1. The summed E-state index contributed by atoms with van der Waals surface area (Å²) < 4.78 is 46.3. The van der Waals surface area contributed by atoms with Crippen LogP contribution in [-0.2, 0) is 17.4 Å². The second-order valence-corrected chi connectivity index (χ2v) is 8.44. The highest BCUT2D eigenvalue weighted by atomic mass is 32.2. The molecule has 0 bridgehead atoms. The first-order chi connectivity index (χ1) is 15.3. The van der Waals surface area contributed by atoms with Crippen molar-refractivity contribution in [3.8, 4) is 5.69 Å². The Hall–Kier alpha value is -3.26. The van der Waals surface area contributed by atoms with E-state index < -0.39 is 17.6 Å². The number of hydrogen-bond acceptors (Lipinski definition) is 8. The molecule has 0 aliphatic heterocycles. The fourth-order valence-corrected chi connectivity index (χ4v) is 3.90. The Morgan fingerprint density at radius 3 is 2.88 bits per heavy atom. The Morgan fingerprint density at radius 2 is 2.19 bits per heavy atom. The van der Waals surface area contributed by atoms with Gasteiger partial charge in [-0.1, -0.05) is 11.8 Å². The van der Waals surface area contributed by atoms with Gasteiger partial charge < -0.3 is 9.73 Å². The van der Waals surface area contributed by atoms with E-state index in [0.29, 0.717) is 18.0 Å². The van der Waals surface area contributed by atoms with Crippen molar-refractivity contribution < 1.29 is 27.1 Å². The molecule has 1 aromatic carbocycles. The summed E-state index contributed by atoms with van der Waals surface area (Å²) in [7, 11) is 0. The summed E-state index contributed by atoms with van der Waals surface area (Å²) in [5, 5.41) is 16.0. The summed E-state index contributed by atoms with van der Waals surface area (Å²) in [5.74, 6) is -0.319. The lowest BCUT2D eigenvalue weighted by Crippen LogP contribution is -2.33. The maximum atomic E-state index is 13.1. The monoisotopic (exact) mass is 482 g/mol. The first-order valence-electron chi connectivity index (χ1n) is 9.05. The number of rotatable bonds is 7. The van der Waals surface area contributed by atoms with Gasteiger partial charge in [-0.05, 0) is 30.1 Å². The van der Waals surface area contributed by atoms with E-state index in [0.717, 1.165) is 34.6 Å². The molecule has 0 radical (unpaired) electrons. The highest BCUT2D eigenvalue weighted by Crippen LogP contribution is 2.32. The van der Waals surface area contributed by atoms with Gasteiger partial charge in [-0.15, -0.1) is 26.2 Å². The summed E-state index contributed by atoms with van der Waals surface area (Å²) in [6.07, 6.45) is -1.45. The highest BCUT2D eigenvalue weighted by Gasteiger charge is 2.32. The van der Waals surface area contributed by atoms with Gasteiger partial charge in [-0.3, -0.25) is 4.79 Å². The summed E-state index contributed by atoms with van der Waals surface area (Å²) in [6, 6.07) is 3.04. The third kappa shape index (κ3) is 5.31. The predicted octanol–water partition coefficient (Wildman–Crippen LogP) is 3.17. The zero-order valence-electron chi connectivity index (χ0n) is 16.4. The molecular formula is C18H15F3N7O2S2+. The molecular weight excluding hydrogens is 467 g/mol. The molecule has 32 heavy (non-hydrogen) atoms. The van der Waals surface area contributed by atoms with Crippen LogP contribution < -0.4 is 10.00 Å². The molecule has 0 saturated carbocycles. The van der Waals surface area contributed by atoms with Gasteiger partial charge in [0, 0.05) is 5.38 Å². The summed E-state index contributed by atoms with van der Waals surface area (Å²) in [6.45, 7) is 1.89. The van der Waals surface area contributed by atoms with Crippen molar-refractivity contribution in [2.24, 2.45) is 0 Å². The van der Waals surface area contributed by atoms with Gasteiger partial charge in [0.25, 0.3) is 5.22 Å². The number of thiazole rings is 1. The number of nitrogens with one attached hydrogen (secondary N) is 2. The number of carbonyl (C=O) groups excluding carboxylic acids is 1. The van der Waals surface area contributed by atoms with Crippen molar-refractivity contribution in [1.82, 2.24) is 25.3 Å². The van der Waals surface area contributed by atoms with Gasteiger partial charge in [0.15, 0.2) is 5.69 Å². The number of thioether (sulfide) groups is 1. The predicted molar refractivity (Wildman–Crippen MR) is 108 cm³/mol. The number of hydrogen-bond donors (Lipinski definition) is 2. The average molecular weight is 482 g/mol. The summed E-state index contributed by atoms with van der Waals surface area (Å²) >= 11 is 2.49. The number of anilines is 1. The summed E-state index contributed by atoms with van der Waals surface area (Å²) in [5.41, 5.74) is 0.194. The minimum atomic E-state index is -4.55. The van der Waals surface area contributed by atoms with Crippen LogP contribution in [0.5, 0.6) is 0 Å². The zero-order valence-corrected chi connectivity index (χ0v) is 18.0. The molecule has 3 heterocycles. The van der Waals surface area contributed by atoms with Crippen molar-refractivity contribution in [2.45, 2.75) is 24.7 Å². The largest absolute Gasteiger partial charge is 0.416 e. The molecule has 4 aromatic rings. The third-order valence-corrected chi connectivity index (χ3v) is 5.73. The molecule has 166 valence electrons. The minimum Gasteiger partial charge on any atom is -0.416 e. The van der Waals surface area contributed by atoms with Crippen LogP contribution in [0, 0.1) is 6.92 Å². The standard InChI is InChI=1S/C18H14F3N7O2S2/c1-10-24-12(6-31-10)5-16-26-27-17(30-16)32-7-15(29)25-13-4-11(18(19,20)21)2-3-14(13)28-9-22-8-23-28/h2-4,6,8-9H,5,7H2,1H3,(H,25,29)/p+1. The molecule has 14 heteroatoms. The number of H-pyrrole nitrogens is 1. The van der Waals surface area contributed by atoms with Gasteiger partial charge in [-0.2, -0.15) is 18.3 Å².